The molecule has 0 heterocycles. The molecule has 2 N–H and O–H groups in total. The highest BCUT2D eigenvalue weighted by atomic mass is 19.1. The van der Waals surface area contributed by atoms with Crippen LogP contribution in [0.25, 0.3) is 0 Å². The van der Waals surface area contributed by atoms with Gasteiger partial charge in [-0.3, -0.25) is 4.79 Å². The summed E-state index contributed by atoms with van der Waals surface area (Å²) in [5.74, 6) is -0.517. The number of rotatable bonds is 5. The number of benzene rings is 1. The minimum atomic E-state index is -0.349. The lowest BCUT2D eigenvalue weighted by Crippen LogP contribution is -2.30. The summed E-state index contributed by atoms with van der Waals surface area (Å²) >= 11 is 0. The van der Waals surface area contributed by atoms with Crippen molar-refractivity contribution in [2.45, 2.75) is 12.5 Å². The first kappa shape index (κ1) is 14.5. The number of carbonyl (C=O) groups excluding carboxylic acids is 1. The van der Waals surface area contributed by atoms with E-state index in [0.29, 0.717) is 12.0 Å². The van der Waals surface area contributed by atoms with Crippen molar-refractivity contribution in [3.63, 3.8) is 0 Å². The van der Waals surface area contributed by atoms with E-state index in [1.165, 1.54) is 12.1 Å². The number of aliphatic hydroxyl groups excluding tert-OH is 1. The first-order chi connectivity index (χ1) is 10.7. The normalized spacial score (nSPS) is 16.7. The maximum atomic E-state index is 13.0. The summed E-state index contributed by atoms with van der Waals surface area (Å²) in [6, 6.07) is 5.60. The highest BCUT2D eigenvalue weighted by Gasteiger charge is 2.22. The molecule has 1 amide bonds. The first-order valence-corrected chi connectivity index (χ1v) is 7.17. The molecule has 0 saturated heterocycles. The molecule has 22 heavy (non-hydrogen) atoms. The third-order valence-electron chi connectivity index (χ3n) is 3.81. The van der Waals surface area contributed by atoms with Gasteiger partial charge in [-0.05, 0) is 41.3 Å². The molecule has 0 saturated carbocycles. The van der Waals surface area contributed by atoms with Crippen LogP contribution in [-0.2, 0) is 4.79 Å². The van der Waals surface area contributed by atoms with Gasteiger partial charge in [0.25, 0.3) is 5.91 Å². The Morgan fingerprint density at radius 1 is 1.18 bits per heavy atom. The molecule has 0 unspecified atom stereocenters. The second-order valence-electron chi connectivity index (χ2n) is 5.23. The number of carbonyl (C=O) groups is 1. The van der Waals surface area contributed by atoms with E-state index in [4.69, 9.17) is 0 Å². The number of aliphatic hydroxyl groups is 1. The summed E-state index contributed by atoms with van der Waals surface area (Å²) in [5.41, 5.74) is 3.34. The fourth-order valence-corrected chi connectivity index (χ4v) is 2.67. The molecule has 0 aliphatic heterocycles. The number of amides is 1. The fraction of sp³-hybridized carbons (Fsp3) is 0.167. The molecule has 1 aromatic rings. The number of halogens is 1. The second-order valence-corrected chi connectivity index (χ2v) is 5.23. The quantitative estimate of drug-likeness (QED) is 0.878. The Kier molecular flexibility index (Phi) is 4.02. The third kappa shape index (κ3) is 2.78. The Hall–Kier alpha value is -2.46. The highest BCUT2D eigenvalue weighted by molar-refractivity contribution is 6.00. The zero-order valence-corrected chi connectivity index (χ0v) is 11.9. The van der Waals surface area contributed by atoms with Crippen LogP contribution in [0.15, 0.2) is 71.4 Å². The zero-order chi connectivity index (χ0) is 15.5. The van der Waals surface area contributed by atoms with Crippen LogP contribution in [0.1, 0.15) is 18.0 Å². The van der Waals surface area contributed by atoms with Crippen LogP contribution in [-0.4, -0.2) is 17.6 Å². The second kappa shape index (κ2) is 6.12. The van der Waals surface area contributed by atoms with Crippen LogP contribution < -0.4 is 5.32 Å². The molecule has 1 atom stereocenters. The smallest absolute Gasteiger partial charge is 0.252 e. The van der Waals surface area contributed by atoms with E-state index in [0.717, 1.165) is 16.7 Å². The van der Waals surface area contributed by atoms with Crippen LogP contribution in [0.4, 0.5) is 4.39 Å². The third-order valence-corrected chi connectivity index (χ3v) is 3.81. The van der Waals surface area contributed by atoms with E-state index in [1.807, 2.05) is 24.3 Å². The summed E-state index contributed by atoms with van der Waals surface area (Å²) in [5, 5.41) is 12.1. The van der Waals surface area contributed by atoms with Gasteiger partial charge in [0.05, 0.1) is 6.04 Å². The van der Waals surface area contributed by atoms with Gasteiger partial charge in [0.2, 0.25) is 0 Å². The van der Waals surface area contributed by atoms with E-state index in [2.05, 4.69) is 5.32 Å². The molecule has 0 bridgehead atoms. The van der Waals surface area contributed by atoms with Gasteiger partial charge in [0.1, 0.15) is 5.82 Å². The molecule has 4 heteroatoms. The number of allylic oxidation sites excluding steroid dienone is 6. The number of hydrogen-bond acceptors (Lipinski definition) is 2. The maximum absolute atomic E-state index is 13.0. The standard InChI is InChI=1S/C18H16FNO2/c19-14-7-4-13(5-8-14)17(10-11-21)20-18(22)16-9-6-12-2-1-3-15(12)16/h1-9,17,21H,10-11H2,(H,20,22)/t17-/m1/s1. The fourth-order valence-electron chi connectivity index (χ4n) is 2.67. The van der Waals surface area contributed by atoms with Gasteiger partial charge < -0.3 is 10.4 Å². The Morgan fingerprint density at radius 2 is 1.95 bits per heavy atom. The molecular formula is C18H16FNO2. The molecule has 0 radical (unpaired) electrons. The van der Waals surface area contributed by atoms with Gasteiger partial charge in [0, 0.05) is 12.2 Å². The lowest BCUT2D eigenvalue weighted by Gasteiger charge is -2.18. The van der Waals surface area contributed by atoms with E-state index in [1.54, 1.807) is 18.2 Å². The molecule has 2 aliphatic rings. The summed E-state index contributed by atoms with van der Waals surface area (Å²) in [6.07, 6.45) is 9.85. The van der Waals surface area contributed by atoms with Gasteiger partial charge >= 0.3 is 0 Å². The van der Waals surface area contributed by atoms with Crippen LogP contribution >= 0.6 is 0 Å². The molecule has 0 aromatic heterocycles. The topological polar surface area (TPSA) is 49.3 Å². The Morgan fingerprint density at radius 3 is 2.68 bits per heavy atom. The Balaban J connectivity index is 1.80. The van der Waals surface area contributed by atoms with Gasteiger partial charge in [-0.2, -0.15) is 0 Å². The van der Waals surface area contributed by atoms with Crippen molar-refractivity contribution in [2.24, 2.45) is 0 Å². The van der Waals surface area contributed by atoms with Crippen LogP contribution in [0.5, 0.6) is 0 Å². The van der Waals surface area contributed by atoms with E-state index in [9.17, 15) is 14.3 Å². The van der Waals surface area contributed by atoms with E-state index < -0.39 is 0 Å². The SMILES string of the molecule is O=C(N[C@H](CCO)c1ccc(F)cc1)C1=C2C=CC=C2C=C1. The van der Waals surface area contributed by atoms with Crippen molar-refractivity contribution in [3.05, 3.63) is 82.7 Å². The molecular weight excluding hydrogens is 281 g/mol. The van der Waals surface area contributed by atoms with Crippen molar-refractivity contribution in [1.82, 2.24) is 5.32 Å². The first-order valence-electron chi connectivity index (χ1n) is 7.17. The maximum Gasteiger partial charge on any atom is 0.252 e. The minimum Gasteiger partial charge on any atom is -0.396 e. The molecule has 112 valence electrons. The van der Waals surface area contributed by atoms with Crippen LogP contribution in [0.3, 0.4) is 0 Å². The van der Waals surface area contributed by atoms with Crippen molar-refractivity contribution >= 4 is 5.91 Å². The molecule has 3 nitrogen and oxygen atoms in total. The van der Waals surface area contributed by atoms with E-state index in [-0.39, 0.29) is 24.4 Å². The van der Waals surface area contributed by atoms with Gasteiger partial charge in [-0.15, -0.1) is 0 Å². The summed E-state index contributed by atoms with van der Waals surface area (Å²) in [4.78, 5) is 12.5. The van der Waals surface area contributed by atoms with Gasteiger partial charge in [0.15, 0.2) is 0 Å². The number of fused-ring (bicyclic) bond motifs is 1. The van der Waals surface area contributed by atoms with Crippen molar-refractivity contribution in [1.29, 1.82) is 0 Å². The summed E-state index contributed by atoms with van der Waals surface area (Å²) in [7, 11) is 0. The minimum absolute atomic E-state index is 0.0604. The van der Waals surface area contributed by atoms with E-state index >= 15 is 0 Å². The largest absolute Gasteiger partial charge is 0.396 e. The van der Waals surface area contributed by atoms with Crippen molar-refractivity contribution in [3.8, 4) is 0 Å². The number of nitrogens with one attached hydrogen (secondary N) is 1. The van der Waals surface area contributed by atoms with Crippen LogP contribution in [0.2, 0.25) is 0 Å². The Bertz CT molecular complexity index is 711. The van der Waals surface area contributed by atoms with Gasteiger partial charge in [-0.1, -0.05) is 36.4 Å². The van der Waals surface area contributed by atoms with Crippen molar-refractivity contribution < 1.29 is 14.3 Å². The molecule has 2 aliphatic carbocycles. The average Bonchev–Trinajstić information content (AvgIpc) is 3.10. The lowest BCUT2D eigenvalue weighted by atomic mass is 10.0. The average molecular weight is 297 g/mol. The van der Waals surface area contributed by atoms with Crippen LogP contribution in [0, 0.1) is 5.82 Å². The predicted molar refractivity (Wildman–Crippen MR) is 82.4 cm³/mol. The molecule has 3 rings (SSSR count). The zero-order valence-electron chi connectivity index (χ0n) is 11.9. The monoisotopic (exact) mass is 297 g/mol. The lowest BCUT2D eigenvalue weighted by molar-refractivity contribution is -0.118. The Labute approximate surface area is 128 Å². The summed E-state index contributed by atoms with van der Waals surface area (Å²) in [6.45, 7) is -0.0604. The predicted octanol–water partition coefficient (Wildman–Crippen LogP) is 2.73. The summed E-state index contributed by atoms with van der Waals surface area (Å²) < 4.78 is 13.0. The number of hydrogen-bond donors (Lipinski definition) is 2. The molecule has 0 spiro atoms. The van der Waals surface area contributed by atoms with Gasteiger partial charge in [-0.25, -0.2) is 4.39 Å². The molecule has 1 aromatic carbocycles. The van der Waals surface area contributed by atoms with Crippen molar-refractivity contribution in [2.75, 3.05) is 6.61 Å². The highest BCUT2D eigenvalue weighted by Crippen LogP contribution is 2.30. The molecule has 0 fully saturated rings.